The maximum atomic E-state index is 13.4. The molecular weight excluding hydrogens is 326 g/mol. The zero-order valence-electron chi connectivity index (χ0n) is 15.9. The normalized spacial score (nSPS) is 26.0. The van der Waals surface area contributed by atoms with E-state index in [1.807, 2.05) is 0 Å². The van der Waals surface area contributed by atoms with Gasteiger partial charge in [0.1, 0.15) is 11.6 Å². The summed E-state index contributed by atoms with van der Waals surface area (Å²) in [5.74, 6) is 8.01. The van der Waals surface area contributed by atoms with E-state index < -0.39 is 11.6 Å². The summed E-state index contributed by atoms with van der Waals surface area (Å²) in [6, 6.07) is 3.86. The highest BCUT2D eigenvalue weighted by atomic mass is 19.1. The first-order valence-electron chi connectivity index (χ1n) is 10.3. The van der Waals surface area contributed by atoms with Crippen molar-refractivity contribution in [1.82, 2.24) is 0 Å². The van der Waals surface area contributed by atoms with E-state index in [4.69, 9.17) is 0 Å². The molecule has 0 spiro atoms. The summed E-state index contributed by atoms with van der Waals surface area (Å²) in [7, 11) is 0. The Morgan fingerprint density at radius 3 is 2.31 bits per heavy atom. The predicted molar refractivity (Wildman–Crippen MR) is 104 cm³/mol. The number of rotatable bonds is 4. The topological polar surface area (TPSA) is 0 Å². The van der Waals surface area contributed by atoms with Crippen molar-refractivity contribution >= 4 is 5.57 Å². The summed E-state index contributed by atoms with van der Waals surface area (Å²) in [5.41, 5.74) is 1.82. The van der Waals surface area contributed by atoms with Crippen molar-refractivity contribution in [2.45, 2.75) is 71.1 Å². The van der Waals surface area contributed by atoms with E-state index in [0.29, 0.717) is 11.5 Å². The Labute approximate surface area is 157 Å². The zero-order chi connectivity index (χ0) is 18.4. The minimum Gasteiger partial charge on any atom is -0.207 e. The van der Waals surface area contributed by atoms with Crippen LogP contribution in [0.2, 0.25) is 0 Å². The third-order valence-electron chi connectivity index (χ3n) is 6.08. The lowest BCUT2D eigenvalue weighted by Gasteiger charge is -2.34. The molecule has 0 bridgehead atoms. The zero-order valence-corrected chi connectivity index (χ0v) is 15.9. The van der Waals surface area contributed by atoms with Gasteiger partial charge >= 0.3 is 0 Å². The van der Waals surface area contributed by atoms with E-state index in [9.17, 15) is 8.78 Å². The van der Waals surface area contributed by atoms with Gasteiger partial charge in [-0.1, -0.05) is 25.3 Å². The highest BCUT2D eigenvalue weighted by Crippen LogP contribution is 2.41. The second kappa shape index (κ2) is 9.36. The second-order valence-electron chi connectivity index (χ2n) is 7.96. The van der Waals surface area contributed by atoms with Gasteiger partial charge in [-0.2, -0.15) is 0 Å². The molecule has 1 unspecified atom stereocenters. The fourth-order valence-corrected chi connectivity index (χ4v) is 4.50. The van der Waals surface area contributed by atoms with Crippen molar-refractivity contribution in [2.75, 3.05) is 0 Å². The average Bonchev–Trinajstić information content (AvgIpc) is 2.65. The largest absolute Gasteiger partial charge is 0.207 e. The molecule has 0 aromatic heterocycles. The molecule has 26 heavy (non-hydrogen) atoms. The molecule has 0 radical (unpaired) electrons. The number of benzene rings is 1. The van der Waals surface area contributed by atoms with Gasteiger partial charge in [0, 0.05) is 18.4 Å². The van der Waals surface area contributed by atoms with Gasteiger partial charge < -0.3 is 0 Å². The monoisotopic (exact) mass is 356 g/mol. The maximum Gasteiger partial charge on any atom is 0.126 e. The molecule has 0 amide bonds. The molecule has 2 aliphatic rings. The third-order valence-corrected chi connectivity index (χ3v) is 6.08. The summed E-state index contributed by atoms with van der Waals surface area (Å²) in [4.78, 5) is 0. The third kappa shape index (κ3) is 5.19. The first kappa shape index (κ1) is 19.2. The van der Waals surface area contributed by atoms with E-state index in [1.165, 1.54) is 50.7 Å². The number of hydrogen-bond donors (Lipinski definition) is 0. The van der Waals surface area contributed by atoms with Crippen molar-refractivity contribution in [3.63, 3.8) is 0 Å². The van der Waals surface area contributed by atoms with Crippen molar-refractivity contribution < 1.29 is 8.78 Å². The quantitative estimate of drug-likeness (QED) is 0.397. The minimum absolute atomic E-state index is 0.485. The van der Waals surface area contributed by atoms with Crippen LogP contribution in [0.1, 0.15) is 76.7 Å². The molecule has 2 aliphatic carbocycles. The summed E-state index contributed by atoms with van der Waals surface area (Å²) < 4.78 is 26.9. The highest BCUT2D eigenvalue weighted by molar-refractivity contribution is 5.66. The molecule has 0 saturated heterocycles. The molecule has 0 heterocycles. The van der Waals surface area contributed by atoms with E-state index in [-0.39, 0.29) is 0 Å². The van der Waals surface area contributed by atoms with Crippen molar-refractivity contribution in [1.29, 1.82) is 0 Å². The number of halogens is 2. The molecule has 140 valence electrons. The molecule has 2 heteroatoms. The number of unbranched alkanes of at least 4 members (excludes halogenated alkanes) is 2. The Hall–Kier alpha value is -1.62. The summed E-state index contributed by atoms with van der Waals surface area (Å²) in [5, 5.41) is 0. The Kier molecular flexibility index (Phi) is 6.89. The van der Waals surface area contributed by atoms with Crippen molar-refractivity contribution in [2.24, 2.45) is 17.8 Å². The SMILES string of the molecule is CCCCC#CC1CCC(C2CC=C(c3cc(F)cc(F)c3)CC2)CC1. The van der Waals surface area contributed by atoms with Crippen LogP contribution in [-0.2, 0) is 0 Å². The van der Waals surface area contributed by atoms with Crippen LogP contribution in [0.3, 0.4) is 0 Å². The van der Waals surface area contributed by atoms with Gasteiger partial charge in [0.25, 0.3) is 0 Å². The molecule has 3 rings (SSSR count). The molecule has 1 aromatic rings. The van der Waals surface area contributed by atoms with Crippen LogP contribution in [0.4, 0.5) is 8.78 Å². The summed E-state index contributed by atoms with van der Waals surface area (Å²) in [6.07, 6.45) is 13.9. The second-order valence-corrected chi connectivity index (χ2v) is 7.96. The first-order valence-corrected chi connectivity index (χ1v) is 10.3. The van der Waals surface area contributed by atoms with E-state index in [2.05, 4.69) is 24.8 Å². The van der Waals surface area contributed by atoms with E-state index in [0.717, 1.165) is 49.2 Å². The molecule has 0 N–H and O–H groups in total. The van der Waals surface area contributed by atoms with Crippen LogP contribution in [0.25, 0.3) is 5.57 Å². The maximum absolute atomic E-state index is 13.4. The fourth-order valence-electron chi connectivity index (χ4n) is 4.50. The van der Waals surface area contributed by atoms with Gasteiger partial charge in [-0.25, -0.2) is 8.78 Å². The molecular formula is C24H30F2. The summed E-state index contributed by atoms with van der Waals surface area (Å²) >= 11 is 0. The van der Waals surface area contributed by atoms with Gasteiger partial charge in [0.2, 0.25) is 0 Å². The van der Waals surface area contributed by atoms with Crippen molar-refractivity contribution in [3.05, 3.63) is 41.5 Å². The molecule has 1 aromatic carbocycles. The lowest BCUT2D eigenvalue weighted by molar-refractivity contribution is 0.215. The van der Waals surface area contributed by atoms with Gasteiger partial charge in [-0.15, -0.1) is 5.92 Å². The van der Waals surface area contributed by atoms with Crippen LogP contribution in [0.5, 0.6) is 0 Å². The van der Waals surface area contributed by atoms with Crippen molar-refractivity contribution in [3.8, 4) is 11.8 Å². The standard InChI is InChI=1S/C24H30F2/c1-2-3-4-5-6-18-7-9-19(10-8-18)20-11-13-21(14-12-20)22-15-23(25)17-24(26)16-22/h13,15-20H,2-4,7-12,14H2,1H3. The molecule has 1 saturated carbocycles. The lowest BCUT2D eigenvalue weighted by atomic mass is 9.71. The Bertz CT molecular complexity index is 664. The van der Waals surface area contributed by atoms with Gasteiger partial charge in [0.05, 0.1) is 0 Å². The Balaban J connectivity index is 1.51. The van der Waals surface area contributed by atoms with Crippen LogP contribution in [0.15, 0.2) is 24.3 Å². The Morgan fingerprint density at radius 1 is 0.962 bits per heavy atom. The molecule has 1 fully saturated rings. The fraction of sp³-hybridized carbons (Fsp3) is 0.583. The van der Waals surface area contributed by atoms with Gasteiger partial charge in [-0.3, -0.25) is 0 Å². The number of allylic oxidation sites excluding steroid dienone is 2. The van der Waals surface area contributed by atoms with Crippen LogP contribution in [-0.4, -0.2) is 0 Å². The summed E-state index contributed by atoms with van der Waals surface area (Å²) in [6.45, 7) is 2.21. The molecule has 0 aliphatic heterocycles. The van der Waals surface area contributed by atoms with E-state index >= 15 is 0 Å². The predicted octanol–water partition coefficient (Wildman–Crippen LogP) is 7.15. The van der Waals surface area contributed by atoms with Gasteiger partial charge in [-0.05, 0) is 86.5 Å². The van der Waals surface area contributed by atoms with Crippen LogP contribution >= 0.6 is 0 Å². The molecule has 0 nitrogen and oxygen atoms in total. The van der Waals surface area contributed by atoms with Crippen LogP contribution in [0, 0.1) is 41.2 Å². The minimum atomic E-state index is -0.485. The average molecular weight is 357 g/mol. The van der Waals surface area contributed by atoms with Crippen LogP contribution < -0.4 is 0 Å². The Morgan fingerprint density at radius 2 is 1.69 bits per heavy atom. The highest BCUT2D eigenvalue weighted by Gasteiger charge is 2.28. The smallest absolute Gasteiger partial charge is 0.126 e. The number of hydrogen-bond acceptors (Lipinski definition) is 0. The molecule has 1 atom stereocenters. The van der Waals surface area contributed by atoms with Gasteiger partial charge in [0.15, 0.2) is 0 Å². The first-order chi connectivity index (χ1) is 12.7. The lowest BCUT2D eigenvalue weighted by Crippen LogP contribution is -2.22. The van der Waals surface area contributed by atoms with E-state index in [1.54, 1.807) is 0 Å².